The Bertz CT molecular complexity index is 461. The first-order valence-corrected chi connectivity index (χ1v) is 5.49. The lowest BCUT2D eigenvalue weighted by molar-refractivity contribution is -0.113. The van der Waals surface area contributed by atoms with Gasteiger partial charge in [-0.15, -0.1) is 0 Å². The summed E-state index contributed by atoms with van der Waals surface area (Å²) in [6, 6.07) is 6.47. The lowest BCUT2D eigenvalue weighted by Gasteiger charge is -2.09. The molecule has 0 fully saturated rings. The number of carbonyl (C=O) groups excluding carboxylic acids is 2. The van der Waals surface area contributed by atoms with E-state index in [2.05, 4.69) is 0 Å². The molecule has 0 spiro atoms. The van der Waals surface area contributed by atoms with Crippen molar-refractivity contribution in [1.29, 1.82) is 0 Å². The number of hydrogen-bond donors (Lipinski definition) is 0. The number of hydrogen-bond acceptors (Lipinski definition) is 3. The molecule has 0 saturated carbocycles. The molecule has 0 aliphatic heterocycles. The summed E-state index contributed by atoms with van der Waals surface area (Å²) < 4.78 is 0. The van der Waals surface area contributed by atoms with Crippen LogP contribution in [0.25, 0.3) is 0 Å². The highest BCUT2D eigenvalue weighted by Gasteiger charge is 2.16. The second kappa shape index (κ2) is 5.64. The van der Waals surface area contributed by atoms with Gasteiger partial charge in [0.2, 0.25) is 0 Å². The largest absolute Gasteiger partial charge is 0.383 e. The van der Waals surface area contributed by atoms with Crippen LogP contribution in [0.5, 0.6) is 0 Å². The van der Waals surface area contributed by atoms with Gasteiger partial charge in [-0.2, -0.15) is 0 Å². The van der Waals surface area contributed by atoms with E-state index in [4.69, 9.17) is 11.6 Å². The smallest absolute Gasteiger partial charge is 0.198 e. The zero-order chi connectivity index (χ0) is 13.0. The summed E-state index contributed by atoms with van der Waals surface area (Å²) in [5.41, 5.74) is 0.620. The SMILES string of the molecule is CC(=O)C(=CN(C)C)C(=O)c1ccc(Cl)cc1. The van der Waals surface area contributed by atoms with Gasteiger partial charge >= 0.3 is 0 Å². The number of ketones is 2. The van der Waals surface area contributed by atoms with Crippen LogP contribution in [0.3, 0.4) is 0 Å². The van der Waals surface area contributed by atoms with Gasteiger partial charge in [-0.3, -0.25) is 9.59 Å². The molecule has 0 N–H and O–H groups in total. The van der Waals surface area contributed by atoms with Crippen LogP contribution in [0.1, 0.15) is 17.3 Å². The number of halogens is 1. The zero-order valence-electron chi connectivity index (χ0n) is 10.0. The summed E-state index contributed by atoms with van der Waals surface area (Å²) in [6.07, 6.45) is 1.53. The van der Waals surface area contributed by atoms with Gasteiger partial charge in [-0.05, 0) is 31.2 Å². The van der Waals surface area contributed by atoms with Gasteiger partial charge in [0.15, 0.2) is 11.6 Å². The highest BCUT2D eigenvalue weighted by Crippen LogP contribution is 2.14. The molecule has 0 aromatic heterocycles. The number of benzene rings is 1. The fraction of sp³-hybridized carbons (Fsp3) is 0.231. The van der Waals surface area contributed by atoms with E-state index in [0.29, 0.717) is 10.6 Å². The van der Waals surface area contributed by atoms with E-state index in [1.54, 1.807) is 43.3 Å². The molecule has 0 saturated heterocycles. The second-order valence-electron chi connectivity index (χ2n) is 3.90. The minimum Gasteiger partial charge on any atom is -0.383 e. The third kappa shape index (κ3) is 3.71. The summed E-state index contributed by atoms with van der Waals surface area (Å²) in [5, 5.41) is 0.558. The third-order valence-electron chi connectivity index (χ3n) is 2.12. The number of carbonyl (C=O) groups is 2. The fourth-order valence-electron chi connectivity index (χ4n) is 1.32. The van der Waals surface area contributed by atoms with Crippen LogP contribution in [0, 0.1) is 0 Å². The molecule has 17 heavy (non-hydrogen) atoms. The monoisotopic (exact) mass is 251 g/mol. The Morgan fingerprint density at radius 1 is 1.18 bits per heavy atom. The van der Waals surface area contributed by atoms with Crippen LogP contribution in [-0.4, -0.2) is 30.6 Å². The average molecular weight is 252 g/mol. The molecule has 0 aliphatic carbocycles. The van der Waals surface area contributed by atoms with Crippen molar-refractivity contribution in [2.24, 2.45) is 0 Å². The van der Waals surface area contributed by atoms with Gasteiger partial charge in [-0.25, -0.2) is 0 Å². The van der Waals surface area contributed by atoms with Crippen molar-refractivity contribution < 1.29 is 9.59 Å². The summed E-state index contributed by atoms with van der Waals surface area (Å²) in [7, 11) is 3.52. The van der Waals surface area contributed by atoms with Gasteiger partial charge in [0.25, 0.3) is 0 Å². The van der Waals surface area contributed by atoms with Crippen LogP contribution >= 0.6 is 11.6 Å². The number of Topliss-reactive ketones (excluding diaryl/α,β-unsaturated/α-hetero) is 2. The first-order chi connectivity index (χ1) is 7.91. The quantitative estimate of drug-likeness (QED) is 0.357. The van der Waals surface area contributed by atoms with Crippen LogP contribution in [0.4, 0.5) is 0 Å². The van der Waals surface area contributed by atoms with E-state index in [-0.39, 0.29) is 17.1 Å². The predicted octanol–water partition coefficient (Wildman–Crippen LogP) is 2.56. The normalized spacial score (nSPS) is 11.2. The van der Waals surface area contributed by atoms with Crippen LogP contribution in [0.2, 0.25) is 5.02 Å². The molecular weight excluding hydrogens is 238 g/mol. The molecule has 4 heteroatoms. The maximum atomic E-state index is 12.1. The maximum Gasteiger partial charge on any atom is 0.198 e. The Morgan fingerprint density at radius 3 is 2.12 bits per heavy atom. The molecule has 0 atom stereocenters. The van der Waals surface area contributed by atoms with Gasteiger partial charge in [0.05, 0.1) is 5.57 Å². The topological polar surface area (TPSA) is 37.4 Å². The molecule has 0 unspecified atom stereocenters. The summed E-state index contributed by atoms with van der Waals surface area (Å²) in [5.74, 6) is -0.540. The van der Waals surface area contributed by atoms with Crippen molar-refractivity contribution in [1.82, 2.24) is 4.90 Å². The molecule has 1 rings (SSSR count). The summed E-state index contributed by atoms with van der Waals surface area (Å²) in [6.45, 7) is 1.38. The molecule has 3 nitrogen and oxygen atoms in total. The Kier molecular flexibility index (Phi) is 4.46. The minimum atomic E-state index is -0.289. The van der Waals surface area contributed by atoms with Gasteiger partial charge in [-0.1, -0.05) is 11.6 Å². The van der Waals surface area contributed by atoms with Crippen LogP contribution in [-0.2, 0) is 4.79 Å². The first kappa shape index (κ1) is 13.5. The standard InChI is InChI=1S/C13H14ClNO2/c1-9(16)12(8-15(2)3)13(17)10-4-6-11(14)7-5-10/h4-8H,1-3H3. The summed E-state index contributed by atoms with van der Waals surface area (Å²) >= 11 is 5.74. The molecule has 0 heterocycles. The molecule has 1 aromatic carbocycles. The molecule has 0 radical (unpaired) electrons. The average Bonchev–Trinajstić information content (AvgIpc) is 2.25. The molecule has 0 amide bonds. The van der Waals surface area contributed by atoms with E-state index in [9.17, 15) is 9.59 Å². The molecule has 90 valence electrons. The van der Waals surface area contributed by atoms with E-state index in [1.807, 2.05) is 0 Å². The van der Waals surface area contributed by atoms with Crippen molar-refractivity contribution in [3.05, 3.63) is 46.6 Å². The van der Waals surface area contributed by atoms with Crippen LogP contribution in [0.15, 0.2) is 36.0 Å². The van der Waals surface area contributed by atoms with Gasteiger partial charge in [0.1, 0.15) is 0 Å². The first-order valence-electron chi connectivity index (χ1n) is 5.11. The third-order valence-corrected chi connectivity index (χ3v) is 2.37. The van der Waals surface area contributed by atoms with Gasteiger partial charge < -0.3 is 4.90 Å². The lowest BCUT2D eigenvalue weighted by atomic mass is 10.0. The van der Waals surface area contributed by atoms with Crippen molar-refractivity contribution in [3.8, 4) is 0 Å². The molecule has 0 bridgehead atoms. The fourth-order valence-corrected chi connectivity index (χ4v) is 1.45. The number of rotatable bonds is 4. The zero-order valence-corrected chi connectivity index (χ0v) is 10.8. The predicted molar refractivity (Wildman–Crippen MR) is 68.2 cm³/mol. The van der Waals surface area contributed by atoms with E-state index in [0.717, 1.165) is 0 Å². The van der Waals surface area contributed by atoms with Crippen molar-refractivity contribution in [3.63, 3.8) is 0 Å². The van der Waals surface area contributed by atoms with E-state index >= 15 is 0 Å². The van der Waals surface area contributed by atoms with Crippen LogP contribution < -0.4 is 0 Å². The van der Waals surface area contributed by atoms with Crippen molar-refractivity contribution in [2.45, 2.75) is 6.92 Å². The Labute approximate surface area is 106 Å². The Balaban J connectivity index is 3.09. The maximum absolute atomic E-state index is 12.1. The highest BCUT2D eigenvalue weighted by atomic mass is 35.5. The number of allylic oxidation sites excluding steroid dienone is 1. The highest BCUT2D eigenvalue weighted by molar-refractivity contribution is 6.31. The molecule has 0 aliphatic rings. The lowest BCUT2D eigenvalue weighted by Crippen LogP contribution is -2.15. The van der Waals surface area contributed by atoms with Crippen molar-refractivity contribution >= 4 is 23.2 Å². The summed E-state index contributed by atoms with van der Waals surface area (Å²) in [4.78, 5) is 25.2. The Hall–Kier alpha value is -1.61. The van der Waals surface area contributed by atoms with E-state index < -0.39 is 0 Å². The van der Waals surface area contributed by atoms with E-state index in [1.165, 1.54) is 13.1 Å². The Morgan fingerprint density at radius 2 is 1.71 bits per heavy atom. The molecular formula is C13H14ClNO2. The van der Waals surface area contributed by atoms with Crippen molar-refractivity contribution in [2.75, 3.05) is 14.1 Å². The minimum absolute atomic E-state index is 0.164. The second-order valence-corrected chi connectivity index (χ2v) is 4.34. The van der Waals surface area contributed by atoms with Gasteiger partial charge in [0, 0.05) is 30.9 Å². The molecule has 1 aromatic rings. The number of nitrogens with zero attached hydrogens (tertiary/aromatic N) is 1.